The van der Waals surface area contributed by atoms with Crippen LogP contribution in [-0.2, 0) is 26.0 Å². The Hall–Kier alpha value is -0.350. The molecule has 1 unspecified atom stereocenters. The van der Waals surface area contributed by atoms with Crippen molar-refractivity contribution in [3.63, 3.8) is 0 Å². The van der Waals surface area contributed by atoms with Crippen LogP contribution in [0.2, 0.25) is 0 Å². The zero-order valence-corrected chi connectivity index (χ0v) is 12.6. The Balaban J connectivity index is 1.96. The quantitative estimate of drug-likeness (QED) is 0.370. The summed E-state index contributed by atoms with van der Waals surface area (Å²) in [6, 6.07) is 0.723. The number of aromatic nitrogens is 2. The van der Waals surface area contributed by atoms with Gasteiger partial charge in [0.15, 0.2) is 18.4 Å². The van der Waals surface area contributed by atoms with E-state index in [4.69, 9.17) is 31.4 Å². The van der Waals surface area contributed by atoms with Gasteiger partial charge in [-0.15, -0.1) is 0 Å². The van der Waals surface area contributed by atoms with Crippen LogP contribution in [-0.4, -0.2) is 39.6 Å². The van der Waals surface area contributed by atoms with E-state index in [-0.39, 0.29) is 12.1 Å². The van der Waals surface area contributed by atoms with Gasteiger partial charge in [0.2, 0.25) is 6.12 Å². The van der Waals surface area contributed by atoms with E-state index >= 15 is 0 Å². The summed E-state index contributed by atoms with van der Waals surface area (Å²) < 4.78 is 17.8. The average molecular weight is 336 g/mol. The Bertz CT molecular complexity index is 585. The van der Waals surface area contributed by atoms with Crippen molar-refractivity contribution in [2.45, 2.75) is 24.5 Å². The van der Waals surface area contributed by atoms with Gasteiger partial charge in [0.25, 0.3) is 0 Å². The predicted molar refractivity (Wildman–Crippen MR) is 71.5 cm³/mol. The van der Waals surface area contributed by atoms with Crippen molar-refractivity contribution in [2.24, 2.45) is 0 Å². The van der Waals surface area contributed by atoms with Crippen molar-refractivity contribution in [2.75, 3.05) is 6.61 Å². The fourth-order valence-corrected chi connectivity index (χ4v) is 4.65. The number of rotatable bonds is 2. The molecule has 2 fully saturated rings. The van der Waals surface area contributed by atoms with E-state index in [1.807, 2.05) is 0 Å². The maximum absolute atomic E-state index is 11.8. The highest BCUT2D eigenvalue weighted by molar-refractivity contribution is 8.76. The van der Waals surface area contributed by atoms with Gasteiger partial charge in [-0.25, -0.2) is 14.0 Å². The number of hydrogen-bond donors (Lipinski definition) is 3. The SMILES string of the molecule is N=c1ccn([C@@H]2O[C@H](CO)[C@H]3O[P+]([S-])(S)O[C@H]32)c([O-])n1. The minimum atomic E-state index is -2.69. The molecule has 2 N–H and O–H groups in total. The smallest absolute Gasteiger partial charge is 0.216 e. The Labute approximate surface area is 125 Å². The zero-order valence-electron chi connectivity index (χ0n) is 9.95. The van der Waals surface area contributed by atoms with Crippen LogP contribution in [0.3, 0.4) is 0 Å². The van der Waals surface area contributed by atoms with Crippen molar-refractivity contribution in [1.29, 1.82) is 5.41 Å². The van der Waals surface area contributed by atoms with Crippen LogP contribution < -0.4 is 10.6 Å². The number of ether oxygens (including phenoxy) is 1. The van der Waals surface area contributed by atoms with Crippen molar-refractivity contribution in [3.8, 4) is 6.01 Å². The second-order valence-corrected chi connectivity index (χ2v) is 9.55. The van der Waals surface area contributed by atoms with E-state index in [1.165, 1.54) is 16.8 Å². The van der Waals surface area contributed by atoms with Crippen molar-refractivity contribution >= 4 is 30.6 Å². The van der Waals surface area contributed by atoms with Gasteiger partial charge in [0, 0.05) is 18.4 Å². The van der Waals surface area contributed by atoms with E-state index in [9.17, 15) is 10.2 Å². The number of fused-ring (bicyclic) bond motifs is 1. The summed E-state index contributed by atoms with van der Waals surface area (Å²) >= 11 is 9.22. The first-order valence-electron chi connectivity index (χ1n) is 5.68. The largest absolute Gasteiger partial charge is 0.846 e. The molecule has 11 heteroatoms. The van der Waals surface area contributed by atoms with Crippen LogP contribution in [0.25, 0.3) is 0 Å². The van der Waals surface area contributed by atoms with Crippen molar-refractivity contribution in [1.82, 2.24) is 9.55 Å². The fourth-order valence-electron chi connectivity index (χ4n) is 2.26. The molecule has 5 atom stereocenters. The third kappa shape index (κ3) is 2.45. The number of hydrogen-bond acceptors (Lipinski definition) is 9. The Morgan fingerprint density at radius 3 is 2.90 bits per heavy atom. The molecular formula is C9H11N3O5PS2-. The molecule has 2 aliphatic rings. The lowest BCUT2D eigenvalue weighted by molar-refractivity contribution is -0.291. The first kappa shape index (κ1) is 14.6. The Kier molecular flexibility index (Phi) is 3.74. The number of aliphatic hydroxyl groups excluding tert-OH is 1. The molecule has 1 aromatic heterocycles. The Morgan fingerprint density at radius 2 is 2.25 bits per heavy atom. The minimum Gasteiger partial charge on any atom is -0.846 e. The molecule has 2 saturated heterocycles. The summed E-state index contributed by atoms with van der Waals surface area (Å²) in [6.45, 7) is -0.289. The van der Waals surface area contributed by atoms with Crippen LogP contribution in [0, 0.1) is 5.41 Å². The molecule has 3 heterocycles. The topological polar surface area (TPSA) is 113 Å². The molecular weight excluding hydrogens is 325 g/mol. The summed E-state index contributed by atoms with van der Waals surface area (Å²) in [6.07, 6.45) is -3.96. The maximum Gasteiger partial charge on any atom is 0.216 e. The lowest BCUT2D eigenvalue weighted by Crippen LogP contribution is -2.31. The van der Waals surface area contributed by atoms with Gasteiger partial charge in [0.05, 0.1) is 12.6 Å². The number of aliphatic hydroxyl groups is 1. The van der Waals surface area contributed by atoms with E-state index in [2.05, 4.69) is 17.2 Å². The first-order chi connectivity index (χ1) is 9.41. The van der Waals surface area contributed by atoms with Crippen LogP contribution >= 0.6 is 18.4 Å². The summed E-state index contributed by atoms with van der Waals surface area (Å²) in [5, 5.41) is 28.5. The maximum atomic E-state index is 11.8. The molecule has 110 valence electrons. The highest BCUT2D eigenvalue weighted by atomic mass is 33.1. The molecule has 0 aromatic carbocycles. The van der Waals surface area contributed by atoms with Crippen LogP contribution in [0.1, 0.15) is 6.23 Å². The third-order valence-corrected chi connectivity index (χ3v) is 5.18. The lowest BCUT2D eigenvalue weighted by atomic mass is 10.1. The van der Waals surface area contributed by atoms with Crippen molar-refractivity contribution < 1.29 is 24.0 Å². The molecule has 0 saturated carbocycles. The van der Waals surface area contributed by atoms with Gasteiger partial charge in [-0.1, -0.05) is 0 Å². The van der Waals surface area contributed by atoms with Gasteiger partial charge >= 0.3 is 0 Å². The van der Waals surface area contributed by atoms with E-state index in [0.717, 1.165) is 0 Å². The molecule has 0 spiro atoms. The van der Waals surface area contributed by atoms with Gasteiger partial charge in [-0.2, -0.15) is 0 Å². The third-order valence-electron chi connectivity index (χ3n) is 3.08. The lowest BCUT2D eigenvalue weighted by Gasteiger charge is -2.25. The summed E-state index contributed by atoms with van der Waals surface area (Å²) in [5.41, 5.74) is -0.137. The van der Waals surface area contributed by atoms with Gasteiger partial charge in [0.1, 0.15) is 11.6 Å². The highest BCUT2D eigenvalue weighted by Crippen LogP contribution is 2.72. The van der Waals surface area contributed by atoms with Gasteiger partial charge < -0.3 is 31.8 Å². The second-order valence-electron chi connectivity index (χ2n) is 4.36. The standard InChI is InChI=1S/C9H12N3O5PS2/c10-5-1-2-12(9(14)11-5)8-7-6(4(3-13)15-8)16-18(19,20)17-7/h1-2,4,6-8,13H,3H2,(H,19,20)(H2,10,11,14)/p-1/t4-,6-,7-,8-/m1/s1. The predicted octanol–water partition coefficient (Wildman–Crippen LogP) is -0.736. The second kappa shape index (κ2) is 5.13. The molecule has 8 nitrogen and oxygen atoms in total. The molecule has 1 aromatic rings. The molecule has 20 heavy (non-hydrogen) atoms. The molecule has 0 radical (unpaired) electrons. The number of nitrogens with zero attached hydrogens (tertiary/aromatic N) is 2. The van der Waals surface area contributed by atoms with E-state index in [0.29, 0.717) is 0 Å². The molecule has 0 bridgehead atoms. The number of thiol groups is 1. The molecule has 0 aliphatic carbocycles. The minimum absolute atomic E-state index is 0.137. The van der Waals surface area contributed by atoms with Crippen molar-refractivity contribution in [3.05, 3.63) is 17.8 Å². The fraction of sp³-hybridized carbons (Fsp3) is 0.556. The van der Waals surface area contributed by atoms with Gasteiger partial charge in [-0.3, -0.25) is 5.41 Å². The van der Waals surface area contributed by atoms with E-state index in [1.54, 1.807) is 0 Å². The Morgan fingerprint density at radius 1 is 1.55 bits per heavy atom. The van der Waals surface area contributed by atoms with Gasteiger partial charge in [-0.05, 0) is 6.07 Å². The summed E-state index contributed by atoms with van der Waals surface area (Å²) in [4.78, 5) is 3.52. The highest BCUT2D eigenvalue weighted by Gasteiger charge is 2.59. The summed E-state index contributed by atoms with van der Waals surface area (Å²) in [5.74, 6) is 0. The van der Waals surface area contributed by atoms with Crippen LogP contribution in [0.4, 0.5) is 0 Å². The molecule has 0 amide bonds. The van der Waals surface area contributed by atoms with Crippen LogP contribution in [0.15, 0.2) is 12.3 Å². The average Bonchev–Trinajstić information content (AvgIpc) is 2.83. The van der Waals surface area contributed by atoms with Crippen LogP contribution in [0.5, 0.6) is 6.01 Å². The first-order valence-corrected chi connectivity index (χ1v) is 9.47. The zero-order chi connectivity index (χ0) is 14.5. The number of nitrogens with one attached hydrogen (secondary N) is 1. The monoisotopic (exact) mass is 336 g/mol. The normalized spacial score (nSPS) is 40.0. The van der Waals surface area contributed by atoms with E-state index < -0.39 is 36.7 Å². The molecule has 3 rings (SSSR count). The summed E-state index contributed by atoms with van der Waals surface area (Å²) in [7, 11) is 0. The molecule has 2 aliphatic heterocycles.